The fourth-order valence-electron chi connectivity index (χ4n) is 3.39. The first-order valence-corrected chi connectivity index (χ1v) is 10.6. The van der Waals surface area contributed by atoms with Crippen LogP contribution in [0.4, 0.5) is 26.3 Å². The van der Waals surface area contributed by atoms with E-state index in [0.717, 1.165) is 0 Å². The highest BCUT2D eigenvalue weighted by Crippen LogP contribution is 2.47. The Morgan fingerprint density at radius 1 is 0.943 bits per heavy atom. The first-order chi connectivity index (χ1) is 16.3. The molecule has 2 aromatic rings. The first-order valence-electron chi connectivity index (χ1n) is 10.6. The minimum atomic E-state index is -4.95. The molecular formula is C25H22F6O4. The van der Waals surface area contributed by atoms with Crippen LogP contribution in [0, 0.1) is 17.3 Å². The van der Waals surface area contributed by atoms with Crippen LogP contribution in [0.1, 0.15) is 48.8 Å². The molecule has 0 aliphatic heterocycles. The molecule has 10 heteroatoms. The lowest BCUT2D eigenvalue weighted by Crippen LogP contribution is -2.21. The summed E-state index contributed by atoms with van der Waals surface area (Å²) >= 11 is 0. The van der Waals surface area contributed by atoms with Gasteiger partial charge in [0.1, 0.15) is 11.5 Å². The lowest BCUT2D eigenvalue weighted by molar-refractivity contribution is -0.143. The summed E-state index contributed by atoms with van der Waals surface area (Å²) in [6, 6.07) is 7.87. The largest absolute Gasteiger partial charge is 0.493 e. The van der Waals surface area contributed by atoms with Crippen molar-refractivity contribution in [1.82, 2.24) is 0 Å². The predicted octanol–water partition coefficient (Wildman–Crippen LogP) is 6.54. The minimum absolute atomic E-state index is 0.0552. The molecule has 1 unspecified atom stereocenters. The molecule has 0 amide bonds. The summed E-state index contributed by atoms with van der Waals surface area (Å²) in [6.07, 6.45) is -8.75. The number of rotatable bonds is 9. The summed E-state index contributed by atoms with van der Waals surface area (Å²) < 4.78 is 89.3. The highest BCUT2D eigenvalue weighted by atomic mass is 19.4. The molecule has 0 aromatic heterocycles. The topological polar surface area (TPSA) is 55.8 Å². The molecule has 1 saturated carbocycles. The Morgan fingerprint density at radius 3 is 1.89 bits per heavy atom. The highest BCUT2D eigenvalue weighted by Gasteiger charge is 2.45. The van der Waals surface area contributed by atoms with Crippen molar-refractivity contribution in [3.63, 3.8) is 0 Å². The summed E-state index contributed by atoms with van der Waals surface area (Å²) in [7, 11) is 0. The Hall–Kier alpha value is -3.35. The second-order valence-corrected chi connectivity index (χ2v) is 8.43. The van der Waals surface area contributed by atoms with Crippen LogP contribution in [-0.2, 0) is 17.1 Å². The molecule has 2 aromatic carbocycles. The summed E-state index contributed by atoms with van der Waals surface area (Å²) in [5.74, 6) is 4.08. The Kier molecular flexibility index (Phi) is 7.58. The standard InChI is InChI=1S/C25H22F6O4/c1-2-3-17(10-22(32)33)16-4-6-20(7-5-16)34-14-23(8-9-23)15-35-21-12-18(24(26,27)28)11-19(13-21)25(29,30)31/h4-7,11-13,17H,8-10,14-15H2,1H3,(H,32,33). The average Bonchev–Trinajstić information content (AvgIpc) is 3.55. The van der Waals surface area contributed by atoms with Crippen LogP contribution in [-0.4, -0.2) is 24.3 Å². The lowest BCUT2D eigenvalue weighted by Gasteiger charge is -2.19. The maximum absolute atomic E-state index is 13.0. The van der Waals surface area contributed by atoms with Crippen LogP contribution in [0.15, 0.2) is 42.5 Å². The SMILES string of the molecule is CC#CC(CC(=O)O)c1ccc(OCC2(COc3cc(C(F)(F)F)cc(C(F)(F)F)c3)CC2)cc1. The van der Waals surface area contributed by atoms with Crippen molar-refractivity contribution in [2.45, 2.75) is 44.5 Å². The quantitative estimate of drug-likeness (QED) is 0.314. The van der Waals surface area contributed by atoms with Gasteiger partial charge in [-0.15, -0.1) is 5.92 Å². The van der Waals surface area contributed by atoms with Gasteiger partial charge in [-0.2, -0.15) is 26.3 Å². The Labute approximate surface area is 197 Å². The third kappa shape index (κ3) is 7.31. The second kappa shape index (κ2) is 10.1. The van der Waals surface area contributed by atoms with E-state index in [0.29, 0.717) is 36.3 Å². The van der Waals surface area contributed by atoms with E-state index >= 15 is 0 Å². The number of carbonyl (C=O) groups is 1. The molecule has 188 valence electrons. The number of halogens is 6. The predicted molar refractivity (Wildman–Crippen MR) is 114 cm³/mol. The molecule has 3 rings (SSSR count). The van der Waals surface area contributed by atoms with Crippen molar-refractivity contribution in [1.29, 1.82) is 0 Å². The number of ether oxygens (including phenoxy) is 2. The molecule has 35 heavy (non-hydrogen) atoms. The minimum Gasteiger partial charge on any atom is -0.493 e. The van der Waals surface area contributed by atoms with Gasteiger partial charge < -0.3 is 14.6 Å². The maximum atomic E-state index is 13.0. The van der Waals surface area contributed by atoms with Gasteiger partial charge in [0.05, 0.1) is 36.7 Å². The van der Waals surface area contributed by atoms with Crippen molar-refractivity contribution in [2.24, 2.45) is 5.41 Å². The fraction of sp³-hybridized carbons (Fsp3) is 0.400. The van der Waals surface area contributed by atoms with Crippen molar-refractivity contribution in [3.8, 4) is 23.3 Å². The van der Waals surface area contributed by atoms with Crippen LogP contribution in [0.25, 0.3) is 0 Å². The molecule has 4 nitrogen and oxygen atoms in total. The van der Waals surface area contributed by atoms with Crippen molar-refractivity contribution in [3.05, 3.63) is 59.2 Å². The average molecular weight is 500 g/mol. The highest BCUT2D eigenvalue weighted by molar-refractivity contribution is 5.69. The number of carboxylic acids is 1. The molecule has 0 radical (unpaired) electrons. The van der Waals surface area contributed by atoms with E-state index in [2.05, 4.69) is 11.8 Å². The number of aliphatic carboxylic acids is 1. The van der Waals surface area contributed by atoms with Gasteiger partial charge in [0.2, 0.25) is 0 Å². The van der Waals surface area contributed by atoms with Crippen molar-refractivity contribution < 1.29 is 45.7 Å². The lowest BCUT2D eigenvalue weighted by atomic mass is 9.96. The number of hydrogen-bond donors (Lipinski definition) is 1. The Morgan fingerprint density at radius 2 is 1.46 bits per heavy atom. The molecule has 1 fully saturated rings. The van der Waals surface area contributed by atoms with Gasteiger partial charge >= 0.3 is 18.3 Å². The molecule has 1 atom stereocenters. The maximum Gasteiger partial charge on any atom is 0.416 e. The van der Waals surface area contributed by atoms with Crippen molar-refractivity contribution >= 4 is 5.97 Å². The van der Waals surface area contributed by atoms with E-state index in [4.69, 9.17) is 14.6 Å². The zero-order valence-electron chi connectivity index (χ0n) is 18.6. The summed E-state index contributed by atoms with van der Waals surface area (Å²) in [6.45, 7) is 1.67. The third-order valence-corrected chi connectivity index (χ3v) is 5.59. The van der Waals surface area contributed by atoms with Gasteiger partial charge in [-0.25, -0.2) is 0 Å². The molecule has 1 aliphatic carbocycles. The van der Waals surface area contributed by atoms with E-state index in [1.165, 1.54) is 0 Å². The Bertz CT molecular complexity index is 1070. The molecule has 0 saturated heterocycles. The molecule has 0 heterocycles. The van der Waals surface area contributed by atoms with E-state index in [1.807, 2.05) is 0 Å². The van der Waals surface area contributed by atoms with Gasteiger partial charge in [-0.05, 0) is 55.7 Å². The van der Waals surface area contributed by atoms with Gasteiger partial charge in [-0.3, -0.25) is 4.79 Å². The van der Waals surface area contributed by atoms with E-state index in [-0.39, 0.29) is 25.7 Å². The van der Waals surface area contributed by atoms with Crippen molar-refractivity contribution in [2.75, 3.05) is 13.2 Å². The smallest absolute Gasteiger partial charge is 0.416 e. The van der Waals surface area contributed by atoms with Crippen LogP contribution < -0.4 is 9.47 Å². The summed E-state index contributed by atoms with van der Waals surface area (Å²) in [4.78, 5) is 11.0. The number of carboxylic acid groups (broad SMARTS) is 1. The molecule has 0 spiro atoms. The Balaban J connectivity index is 1.63. The van der Waals surface area contributed by atoms with Crippen LogP contribution >= 0.6 is 0 Å². The summed E-state index contributed by atoms with van der Waals surface area (Å²) in [5.41, 5.74) is -2.68. The zero-order chi connectivity index (χ0) is 25.9. The second-order valence-electron chi connectivity index (χ2n) is 8.43. The number of benzene rings is 2. The van der Waals surface area contributed by atoms with Gasteiger partial charge in [0, 0.05) is 5.41 Å². The zero-order valence-corrected chi connectivity index (χ0v) is 18.6. The normalized spacial score (nSPS) is 15.5. The number of alkyl halides is 6. The van der Waals surface area contributed by atoms with E-state index in [1.54, 1.807) is 31.2 Å². The molecule has 1 N–H and O–H groups in total. The monoisotopic (exact) mass is 500 g/mol. The van der Waals surface area contributed by atoms with Gasteiger partial charge in [-0.1, -0.05) is 18.1 Å². The third-order valence-electron chi connectivity index (χ3n) is 5.59. The van der Waals surface area contributed by atoms with Crippen LogP contribution in [0.2, 0.25) is 0 Å². The van der Waals surface area contributed by atoms with E-state index < -0.39 is 46.5 Å². The first kappa shape index (κ1) is 26.3. The molecule has 0 bridgehead atoms. The summed E-state index contributed by atoms with van der Waals surface area (Å²) in [5, 5.41) is 9.03. The fourth-order valence-corrected chi connectivity index (χ4v) is 3.39. The van der Waals surface area contributed by atoms with Gasteiger partial charge in [0.15, 0.2) is 0 Å². The van der Waals surface area contributed by atoms with E-state index in [9.17, 15) is 31.1 Å². The van der Waals surface area contributed by atoms with Crippen LogP contribution in [0.3, 0.4) is 0 Å². The van der Waals surface area contributed by atoms with Crippen LogP contribution in [0.5, 0.6) is 11.5 Å². The number of hydrogen-bond acceptors (Lipinski definition) is 3. The molecular weight excluding hydrogens is 478 g/mol. The van der Waals surface area contributed by atoms with Gasteiger partial charge in [0.25, 0.3) is 0 Å². The molecule has 1 aliphatic rings.